The van der Waals surface area contributed by atoms with Gasteiger partial charge in [0.05, 0.1) is 11.4 Å². The zero-order valence-electron chi connectivity index (χ0n) is 11.1. The van der Waals surface area contributed by atoms with Crippen LogP contribution >= 0.6 is 0 Å². The Morgan fingerprint density at radius 2 is 1.56 bits per heavy atom. The molecule has 1 heteroatoms. The van der Waals surface area contributed by atoms with Crippen molar-refractivity contribution in [2.24, 2.45) is 4.99 Å². The van der Waals surface area contributed by atoms with Gasteiger partial charge in [0.15, 0.2) is 0 Å². The number of hydrogen-bond donors (Lipinski definition) is 0. The van der Waals surface area contributed by atoms with Crippen LogP contribution in [0.4, 0.5) is 5.69 Å². The fraction of sp³-hybridized carbons (Fsp3) is 0.235. The summed E-state index contributed by atoms with van der Waals surface area (Å²) in [7, 11) is 0. The third-order valence-electron chi connectivity index (χ3n) is 3.73. The molecule has 1 nitrogen and oxygen atoms in total. The Hall–Kier alpha value is -1.89. The Morgan fingerprint density at radius 1 is 0.889 bits per heavy atom. The van der Waals surface area contributed by atoms with Crippen LogP contribution in [0.25, 0.3) is 0 Å². The highest BCUT2D eigenvalue weighted by molar-refractivity contribution is 6.12. The van der Waals surface area contributed by atoms with Gasteiger partial charge in [0.2, 0.25) is 0 Å². The summed E-state index contributed by atoms with van der Waals surface area (Å²) in [5, 5.41) is 0. The maximum Gasteiger partial charge on any atom is 0.0675 e. The minimum absolute atomic E-state index is 0.00808. The van der Waals surface area contributed by atoms with Crippen molar-refractivity contribution in [2.75, 3.05) is 0 Å². The fourth-order valence-corrected chi connectivity index (χ4v) is 2.62. The van der Waals surface area contributed by atoms with E-state index in [1.165, 1.54) is 22.4 Å². The predicted octanol–water partition coefficient (Wildman–Crippen LogP) is 4.41. The molecule has 0 saturated heterocycles. The highest BCUT2D eigenvalue weighted by Crippen LogP contribution is 2.41. The van der Waals surface area contributed by atoms with Crippen molar-refractivity contribution in [1.82, 2.24) is 0 Å². The summed E-state index contributed by atoms with van der Waals surface area (Å²) in [6, 6.07) is 17.1. The van der Waals surface area contributed by atoms with Gasteiger partial charge in [0.25, 0.3) is 0 Å². The first-order chi connectivity index (χ1) is 8.59. The molecule has 1 heterocycles. The van der Waals surface area contributed by atoms with Crippen LogP contribution in [0.1, 0.15) is 30.5 Å². The summed E-state index contributed by atoms with van der Waals surface area (Å²) in [6.45, 7) is 6.61. The van der Waals surface area contributed by atoms with Gasteiger partial charge in [-0.2, -0.15) is 0 Å². The van der Waals surface area contributed by atoms with E-state index in [2.05, 4.69) is 69.3 Å². The van der Waals surface area contributed by atoms with Crippen molar-refractivity contribution < 1.29 is 0 Å². The van der Waals surface area contributed by atoms with Crippen LogP contribution in [0.15, 0.2) is 53.5 Å². The standard InChI is InChI=1S/C17H17N/c1-12-8-10-13(11-9-12)16-17(2,3)14-6-4-5-7-15(14)18-16/h4-11H,1-3H3. The van der Waals surface area contributed by atoms with E-state index in [4.69, 9.17) is 4.99 Å². The van der Waals surface area contributed by atoms with Gasteiger partial charge in [-0.25, -0.2) is 0 Å². The van der Waals surface area contributed by atoms with Crippen LogP contribution in [-0.2, 0) is 5.41 Å². The highest BCUT2D eigenvalue weighted by atomic mass is 14.8. The van der Waals surface area contributed by atoms with E-state index >= 15 is 0 Å². The smallest absolute Gasteiger partial charge is 0.0675 e. The van der Waals surface area contributed by atoms with Gasteiger partial charge in [0.1, 0.15) is 0 Å². The molecule has 2 aromatic rings. The second kappa shape index (κ2) is 3.81. The molecular weight excluding hydrogens is 218 g/mol. The number of hydrogen-bond acceptors (Lipinski definition) is 1. The van der Waals surface area contributed by atoms with E-state index in [0.717, 1.165) is 5.69 Å². The Bertz CT molecular complexity index is 618. The minimum atomic E-state index is -0.00808. The number of nitrogens with zero attached hydrogens (tertiary/aromatic N) is 1. The van der Waals surface area contributed by atoms with Crippen molar-refractivity contribution in [1.29, 1.82) is 0 Å². The van der Waals surface area contributed by atoms with Crippen LogP contribution in [0.2, 0.25) is 0 Å². The van der Waals surface area contributed by atoms with Crippen LogP contribution < -0.4 is 0 Å². The van der Waals surface area contributed by atoms with Gasteiger partial charge < -0.3 is 0 Å². The van der Waals surface area contributed by atoms with E-state index in [-0.39, 0.29) is 5.41 Å². The molecule has 2 aromatic carbocycles. The van der Waals surface area contributed by atoms with Crippen molar-refractivity contribution in [3.8, 4) is 0 Å². The average Bonchev–Trinajstić information content (AvgIpc) is 2.63. The summed E-state index contributed by atoms with van der Waals surface area (Å²) in [5.41, 5.74) is 6.10. The number of aliphatic imine (C=N–C) groups is 1. The molecule has 18 heavy (non-hydrogen) atoms. The lowest BCUT2D eigenvalue weighted by atomic mass is 9.79. The van der Waals surface area contributed by atoms with Crippen LogP contribution in [-0.4, -0.2) is 5.71 Å². The number of aryl methyl sites for hydroxylation is 1. The van der Waals surface area contributed by atoms with Gasteiger partial charge >= 0.3 is 0 Å². The molecule has 0 atom stereocenters. The van der Waals surface area contributed by atoms with Crippen molar-refractivity contribution in [2.45, 2.75) is 26.2 Å². The minimum Gasteiger partial charge on any atom is -0.252 e. The molecule has 1 aliphatic rings. The molecule has 0 fully saturated rings. The van der Waals surface area contributed by atoms with Gasteiger partial charge in [-0.3, -0.25) is 4.99 Å². The van der Waals surface area contributed by atoms with E-state index < -0.39 is 0 Å². The van der Waals surface area contributed by atoms with Crippen molar-refractivity contribution in [3.05, 3.63) is 65.2 Å². The lowest BCUT2D eigenvalue weighted by Gasteiger charge is -2.22. The fourth-order valence-electron chi connectivity index (χ4n) is 2.62. The molecule has 0 saturated carbocycles. The lowest BCUT2D eigenvalue weighted by molar-refractivity contribution is 0.737. The number of fused-ring (bicyclic) bond motifs is 1. The average molecular weight is 235 g/mol. The predicted molar refractivity (Wildman–Crippen MR) is 76.8 cm³/mol. The molecule has 0 radical (unpaired) electrons. The first kappa shape index (κ1) is 11.2. The Morgan fingerprint density at radius 3 is 2.22 bits per heavy atom. The van der Waals surface area contributed by atoms with E-state index in [9.17, 15) is 0 Å². The molecule has 0 aromatic heterocycles. The molecule has 0 N–H and O–H groups in total. The Labute approximate surface area is 108 Å². The number of para-hydroxylation sites is 1. The largest absolute Gasteiger partial charge is 0.252 e. The molecule has 3 rings (SSSR count). The van der Waals surface area contributed by atoms with E-state index in [0.29, 0.717) is 0 Å². The number of rotatable bonds is 1. The molecule has 1 aliphatic heterocycles. The van der Waals surface area contributed by atoms with E-state index in [1.54, 1.807) is 0 Å². The molecule has 0 bridgehead atoms. The summed E-state index contributed by atoms with van der Waals surface area (Å²) in [4.78, 5) is 4.82. The molecule has 0 unspecified atom stereocenters. The van der Waals surface area contributed by atoms with E-state index in [1.807, 2.05) is 0 Å². The van der Waals surface area contributed by atoms with Gasteiger partial charge in [-0.05, 0) is 24.1 Å². The normalized spacial score (nSPS) is 16.3. The summed E-state index contributed by atoms with van der Waals surface area (Å²) in [6.07, 6.45) is 0. The Balaban J connectivity index is 2.13. The SMILES string of the molecule is Cc1ccc(C2=Nc3ccccc3C2(C)C)cc1. The van der Waals surface area contributed by atoms with Crippen molar-refractivity contribution >= 4 is 11.4 Å². The number of benzene rings is 2. The second-order valence-electron chi connectivity index (χ2n) is 5.47. The molecular formula is C17H17N. The van der Waals surface area contributed by atoms with Crippen molar-refractivity contribution in [3.63, 3.8) is 0 Å². The van der Waals surface area contributed by atoms with Gasteiger partial charge in [-0.1, -0.05) is 61.9 Å². The van der Waals surface area contributed by atoms with Crippen LogP contribution in [0.3, 0.4) is 0 Å². The lowest BCUT2D eigenvalue weighted by Crippen LogP contribution is -2.26. The first-order valence-electron chi connectivity index (χ1n) is 6.35. The summed E-state index contributed by atoms with van der Waals surface area (Å²) >= 11 is 0. The first-order valence-corrected chi connectivity index (χ1v) is 6.35. The second-order valence-corrected chi connectivity index (χ2v) is 5.47. The summed E-state index contributed by atoms with van der Waals surface area (Å²) < 4.78 is 0. The molecule has 0 aliphatic carbocycles. The quantitative estimate of drug-likeness (QED) is 0.694. The van der Waals surface area contributed by atoms with Gasteiger partial charge in [-0.15, -0.1) is 0 Å². The topological polar surface area (TPSA) is 12.4 Å². The molecule has 0 amide bonds. The maximum atomic E-state index is 4.82. The maximum absolute atomic E-state index is 4.82. The van der Waals surface area contributed by atoms with Crippen LogP contribution in [0.5, 0.6) is 0 Å². The van der Waals surface area contributed by atoms with Gasteiger partial charge in [0, 0.05) is 5.41 Å². The molecule has 90 valence electrons. The van der Waals surface area contributed by atoms with Crippen LogP contribution in [0, 0.1) is 6.92 Å². The summed E-state index contributed by atoms with van der Waals surface area (Å²) in [5.74, 6) is 0. The zero-order chi connectivity index (χ0) is 12.8. The Kier molecular flexibility index (Phi) is 2.37. The highest BCUT2D eigenvalue weighted by Gasteiger charge is 2.35. The third kappa shape index (κ3) is 1.59. The molecule has 0 spiro atoms. The third-order valence-corrected chi connectivity index (χ3v) is 3.73. The monoisotopic (exact) mass is 235 g/mol. The zero-order valence-corrected chi connectivity index (χ0v) is 11.1.